The zero-order chi connectivity index (χ0) is 10.3. The van der Waals surface area contributed by atoms with Crippen LogP contribution in [0.3, 0.4) is 0 Å². The molecule has 2 bridgehead atoms. The lowest BCUT2D eigenvalue weighted by molar-refractivity contribution is 0.318. The summed E-state index contributed by atoms with van der Waals surface area (Å²) in [7, 11) is 0. The summed E-state index contributed by atoms with van der Waals surface area (Å²) in [5.41, 5.74) is 3.69. The van der Waals surface area contributed by atoms with Crippen LogP contribution in [0.4, 0.5) is 0 Å². The summed E-state index contributed by atoms with van der Waals surface area (Å²) in [4.78, 5) is 0. The summed E-state index contributed by atoms with van der Waals surface area (Å²) in [5, 5.41) is 12.4. The van der Waals surface area contributed by atoms with Crippen LogP contribution in [0.15, 0.2) is 18.2 Å². The maximum Gasteiger partial charge on any atom is 0.0991 e. The van der Waals surface area contributed by atoms with Crippen LogP contribution in [0.5, 0.6) is 0 Å². The third-order valence-corrected chi connectivity index (χ3v) is 3.66. The molecule has 3 rings (SSSR count). The van der Waals surface area contributed by atoms with Crippen LogP contribution in [0.2, 0.25) is 0 Å². The lowest BCUT2D eigenvalue weighted by atomic mass is 9.74. The number of piperidine rings is 1. The third kappa shape index (κ3) is 1.44. The standard InChI is InChI=1S/C13H14N2/c14-6-9-1-2-13-11(3-9)4-10-5-12(13)8-15-7-10/h1-3,10,12,15H,4-5,7-8H2. The largest absolute Gasteiger partial charge is 0.316 e. The highest BCUT2D eigenvalue weighted by molar-refractivity contribution is 5.42. The zero-order valence-corrected chi connectivity index (χ0v) is 8.66. The van der Waals surface area contributed by atoms with E-state index in [4.69, 9.17) is 5.26 Å². The van der Waals surface area contributed by atoms with Crippen LogP contribution in [0.1, 0.15) is 29.0 Å². The molecule has 2 heteroatoms. The lowest BCUT2D eigenvalue weighted by Gasteiger charge is -2.36. The first kappa shape index (κ1) is 8.94. The molecule has 0 saturated carbocycles. The number of nitriles is 1. The third-order valence-electron chi connectivity index (χ3n) is 3.66. The van der Waals surface area contributed by atoms with Crippen LogP contribution < -0.4 is 5.32 Å². The van der Waals surface area contributed by atoms with Crippen LogP contribution in [0, 0.1) is 17.2 Å². The molecule has 2 unspecified atom stereocenters. The van der Waals surface area contributed by atoms with Gasteiger partial charge in [-0.25, -0.2) is 0 Å². The summed E-state index contributed by atoms with van der Waals surface area (Å²) in [6.07, 6.45) is 2.47. The van der Waals surface area contributed by atoms with Gasteiger partial charge in [-0.1, -0.05) is 6.07 Å². The van der Waals surface area contributed by atoms with Crippen molar-refractivity contribution < 1.29 is 0 Å². The number of fused-ring (bicyclic) bond motifs is 4. The van der Waals surface area contributed by atoms with E-state index in [1.54, 1.807) is 0 Å². The fourth-order valence-electron chi connectivity index (χ4n) is 2.98. The second kappa shape index (κ2) is 3.36. The Morgan fingerprint density at radius 1 is 1.33 bits per heavy atom. The fraction of sp³-hybridized carbons (Fsp3) is 0.462. The minimum atomic E-state index is 0.681. The summed E-state index contributed by atoms with van der Waals surface area (Å²) < 4.78 is 0. The van der Waals surface area contributed by atoms with Gasteiger partial charge in [0.1, 0.15) is 0 Å². The second-order valence-electron chi connectivity index (χ2n) is 4.69. The maximum atomic E-state index is 8.88. The molecule has 1 aliphatic carbocycles. The van der Waals surface area contributed by atoms with E-state index in [2.05, 4.69) is 23.5 Å². The van der Waals surface area contributed by atoms with E-state index in [0.717, 1.165) is 31.0 Å². The smallest absolute Gasteiger partial charge is 0.0991 e. The van der Waals surface area contributed by atoms with Gasteiger partial charge in [-0.05, 0) is 54.5 Å². The van der Waals surface area contributed by atoms with E-state index in [1.807, 2.05) is 6.07 Å². The van der Waals surface area contributed by atoms with E-state index in [-0.39, 0.29) is 0 Å². The van der Waals surface area contributed by atoms with Crippen LogP contribution >= 0.6 is 0 Å². The van der Waals surface area contributed by atoms with Crippen molar-refractivity contribution in [2.45, 2.75) is 18.8 Å². The topological polar surface area (TPSA) is 35.8 Å². The van der Waals surface area contributed by atoms with E-state index in [0.29, 0.717) is 5.92 Å². The van der Waals surface area contributed by atoms with Crippen molar-refractivity contribution in [1.29, 1.82) is 5.26 Å². The molecule has 1 aromatic carbocycles. The van der Waals surface area contributed by atoms with Gasteiger partial charge in [-0.3, -0.25) is 0 Å². The maximum absolute atomic E-state index is 8.88. The van der Waals surface area contributed by atoms with Crippen LogP contribution in [-0.2, 0) is 6.42 Å². The van der Waals surface area contributed by atoms with Crippen LogP contribution in [-0.4, -0.2) is 13.1 Å². The molecule has 1 aliphatic heterocycles. The summed E-state index contributed by atoms with van der Waals surface area (Å²) in [6.45, 7) is 2.25. The van der Waals surface area contributed by atoms with Crippen molar-refractivity contribution in [2.75, 3.05) is 13.1 Å². The molecule has 2 aliphatic rings. The van der Waals surface area contributed by atoms with E-state index >= 15 is 0 Å². The minimum Gasteiger partial charge on any atom is -0.316 e. The van der Waals surface area contributed by atoms with E-state index in [9.17, 15) is 0 Å². The molecule has 1 heterocycles. The Morgan fingerprint density at radius 3 is 3.13 bits per heavy atom. The van der Waals surface area contributed by atoms with E-state index in [1.165, 1.54) is 17.5 Å². The van der Waals surface area contributed by atoms with Crippen molar-refractivity contribution in [3.8, 4) is 6.07 Å². The zero-order valence-electron chi connectivity index (χ0n) is 8.66. The Bertz CT molecular complexity index is 431. The Morgan fingerprint density at radius 2 is 2.27 bits per heavy atom. The minimum absolute atomic E-state index is 0.681. The van der Waals surface area contributed by atoms with Crippen molar-refractivity contribution in [2.24, 2.45) is 5.92 Å². The molecule has 1 fully saturated rings. The van der Waals surface area contributed by atoms with Crippen molar-refractivity contribution in [3.05, 3.63) is 34.9 Å². The number of rotatable bonds is 0. The van der Waals surface area contributed by atoms with Crippen molar-refractivity contribution in [1.82, 2.24) is 5.32 Å². The average Bonchev–Trinajstić information content (AvgIpc) is 2.28. The molecule has 76 valence electrons. The molecule has 2 nitrogen and oxygen atoms in total. The van der Waals surface area contributed by atoms with Gasteiger partial charge in [0.2, 0.25) is 0 Å². The van der Waals surface area contributed by atoms with Gasteiger partial charge in [-0.2, -0.15) is 5.26 Å². The lowest BCUT2D eigenvalue weighted by Crippen LogP contribution is -2.39. The van der Waals surface area contributed by atoms with Gasteiger partial charge in [0.05, 0.1) is 11.6 Å². The summed E-state index contributed by atoms with van der Waals surface area (Å²) in [5.74, 6) is 1.46. The SMILES string of the molecule is N#Cc1ccc2c(c1)CC1CNCC2C1. The Balaban J connectivity index is 2.06. The van der Waals surface area contributed by atoms with Gasteiger partial charge in [-0.15, -0.1) is 0 Å². The molecule has 2 atom stereocenters. The molecule has 0 amide bonds. The van der Waals surface area contributed by atoms with E-state index < -0.39 is 0 Å². The predicted molar refractivity (Wildman–Crippen MR) is 58.6 cm³/mol. The van der Waals surface area contributed by atoms with Gasteiger partial charge in [0, 0.05) is 6.54 Å². The normalized spacial score (nSPS) is 27.9. The molecular weight excluding hydrogens is 184 g/mol. The van der Waals surface area contributed by atoms with Gasteiger partial charge >= 0.3 is 0 Å². The van der Waals surface area contributed by atoms with Gasteiger partial charge in [0.15, 0.2) is 0 Å². The van der Waals surface area contributed by atoms with Crippen molar-refractivity contribution >= 4 is 0 Å². The molecular formula is C13H14N2. The van der Waals surface area contributed by atoms with Crippen LogP contribution in [0.25, 0.3) is 0 Å². The summed E-state index contributed by atoms with van der Waals surface area (Å²) >= 11 is 0. The average molecular weight is 198 g/mol. The molecule has 0 spiro atoms. The number of hydrogen-bond acceptors (Lipinski definition) is 2. The molecule has 15 heavy (non-hydrogen) atoms. The van der Waals surface area contributed by atoms with Gasteiger partial charge < -0.3 is 5.32 Å². The fourth-order valence-corrected chi connectivity index (χ4v) is 2.98. The highest BCUT2D eigenvalue weighted by atomic mass is 14.9. The Hall–Kier alpha value is -1.33. The molecule has 1 N–H and O–H groups in total. The highest BCUT2D eigenvalue weighted by Crippen LogP contribution is 2.36. The number of hydrogen-bond donors (Lipinski definition) is 1. The molecule has 0 aromatic heterocycles. The predicted octanol–water partition coefficient (Wildman–Crippen LogP) is 1.81. The Labute approximate surface area is 89.9 Å². The monoisotopic (exact) mass is 198 g/mol. The number of nitrogens with zero attached hydrogens (tertiary/aromatic N) is 1. The van der Waals surface area contributed by atoms with Crippen molar-refractivity contribution in [3.63, 3.8) is 0 Å². The quantitative estimate of drug-likeness (QED) is 0.690. The first-order chi connectivity index (χ1) is 7.36. The first-order valence-electron chi connectivity index (χ1n) is 5.60. The molecule has 1 saturated heterocycles. The van der Waals surface area contributed by atoms with Gasteiger partial charge in [0.25, 0.3) is 0 Å². The molecule has 0 radical (unpaired) electrons. The number of nitrogens with one attached hydrogen (secondary N) is 1. The second-order valence-corrected chi connectivity index (χ2v) is 4.69. The summed E-state index contributed by atoms with van der Waals surface area (Å²) in [6, 6.07) is 8.42. The molecule has 1 aromatic rings. The Kier molecular flexibility index (Phi) is 2.00. The number of benzene rings is 1. The first-order valence-corrected chi connectivity index (χ1v) is 5.60. The highest BCUT2D eigenvalue weighted by Gasteiger charge is 2.29.